The first-order valence-electron chi connectivity index (χ1n) is 20.6. The van der Waals surface area contributed by atoms with Gasteiger partial charge in [-0.05, 0) is 85.8 Å². The van der Waals surface area contributed by atoms with Crippen molar-refractivity contribution in [2.24, 2.45) is 0 Å². The van der Waals surface area contributed by atoms with Crippen molar-refractivity contribution < 1.29 is 0 Å². The molecule has 5 heteroatoms. The summed E-state index contributed by atoms with van der Waals surface area (Å²) in [7, 11) is -2.85. The Labute approximate surface area is 344 Å². The third-order valence-corrected chi connectivity index (χ3v) is 18.0. The third kappa shape index (κ3) is 4.32. The maximum Gasteiger partial charge on any atom is 0.333 e. The van der Waals surface area contributed by atoms with E-state index in [-0.39, 0.29) is 6.85 Å². The largest absolute Gasteiger partial charge is 0.376 e. The molecule has 0 saturated carbocycles. The molecule has 0 fully saturated rings. The molecule has 0 N–H and O–H groups in total. The topological polar surface area (TPSA) is 11.4 Å². The lowest BCUT2D eigenvalue weighted by Gasteiger charge is -2.51. The number of aromatic nitrogens is 1. The molecule has 0 bridgehead atoms. The van der Waals surface area contributed by atoms with E-state index in [9.17, 15) is 0 Å². The van der Waals surface area contributed by atoms with Crippen LogP contribution in [0.4, 0.5) is 28.4 Å². The molecular weight excluding hydrogens is 730 g/mol. The quantitative estimate of drug-likeness (QED) is 0.162. The Balaban J connectivity index is 1.22. The summed E-state index contributed by atoms with van der Waals surface area (Å²) >= 11 is 0. The van der Waals surface area contributed by atoms with Crippen LogP contribution >= 0.6 is 0 Å². The van der Waals surface area contributed by atoms with Gasteiger partial charge in [0.2, 0.25) is 0 Å². The SMILES string of the molecule is c1ccc(N(c2ccccc2)c2cc3c4c(c2)-n2c5ccccc5c5cccc(c52)B4N2c4ccccc4[Si](c4ccccc4)(c4ccccc4)c4cccc-3c42)cc1. The predicted octanol–water partition coefficient (Wildman–Crippen LogP) is 9.18. The fourth-order valence-corrected chi connectivity index (χ4v) is 16.2. The van der Waals surface area contributed by atoms with Gasteiger partial charge >= 0.3 is 6.85 Å². The van der Waals surface area contributed by atoms with Gasteiger partial charge in [-0.2, -0.15) is 0 Å². The summed E-state index contributed by atoms with van der Waals surface area (Å²) in [5.41, 5.74) is 15.0. The van der Waals surface area contributed by atoms with Gasteiger partial charge in [0.25, 0.3) is 0 Å². The minimum absolute atomic E-state index is 0.0511. The molecule has 10 aromatic rings. The molecule has 3 aliphatic rings. The van der Waals surface area contributed by atoms with Crippen molar-refractivity contribution in [1.82, 2.24) is 4.57 Å². The summed E-state index contributed by atoms with van der Waals surface area (Å²) in [6.07, 6.45) is 0. The predicted molar refractivity (Wildman–Crippen MR) is 252 cm³/mol. The summed E-state index contributed by atoms with van der Waals surface area (Å²) in [6.45, 7) is -0.0511. The van der Waals surface area contributed by atoms with Gasteiger partial charge < -0.3 is 14.3 Å². The van der Waals surface area contributed by atoms with Crippen LogP contribution in [-0.2, 0) is 0 Å². The molecule has 0 atom stereocenters. The Hall–Kier alpha value is -7.34. The Kier molecular flexibility index (Phi) is 6.84. The van der Waals surface area contributed by atoms with Crippen molar-refractivity contribution in [2.75, 3.05) is 9.71 Å². The Morgan fingerprint density at radius 2 is 1.00 bits per heavy atom. The highest BCUT2D eigenvalue weighted by molar-refractivity contribution is 7.22. The van der Waals surface area contributed by atoms with Crippen LogP contribution in [0.5, 0.6) is 0 Å². The zero-order chi connectivity index (χ0) is 38.7. The summed E-state index contributed by atoms with van der Waals surface area (Å²) in [5.74, 6) is 0. The lowest BCUT2D eigenvalue weighted by atomic mass is 9.44. The smallest absolute Gasteiger partial charge is 0.333 e. The van der Waals surface area contributed by atoms with Crippen LogP contribution < -0.4 is 41.4 Å². The van der Waals surface area contributed by atoms with Gasteiger partial charge in [0.15, 0.2) is 8.07 Å². The average molecular weight is 766 g/mol. The fourth-order valence-electron chi connectivity index (χ4n) is 11.0. The molecule has 0 unspecified atom stereocenters. The van der Waals surface area contributed by atoms with E-state index in [1.54, 1.807) is 0 Å². The molecule has 0 aliphatic carbocycles. The van der Waals surface area contributed by atoms with E-state index < -0.39 is 8.07 Å². The van der Waals surface area contributed by atoms with E-state index in [1.807, 2.05) is 0 Å². The second-order valence-electron chi connectivity index (χ2n) is 16.0. The van der Waals surface area contributed by atoms with Gasteiger partial charge in [-0.1, -0.05) is 170 Å². The average Bonchev–Trinajstić information content (AvgIpc) is 3.65. The first-order chi connectivity index (χ1) is 29.3. The second kappa shape index (κ2) is 12.3. The highest BCUT2D eigenvalue weighted by atomic mass is 28.3. The van der Waals surface area contributed by atoms with Crippen LogP contribution in [0.15, 0.2) is 218 Å². The molecule has 1 aromatic heterocycles. The number of fused-ring (bicyclic) bond motifs is 9. The number of para-hydroxylation sites is 6. The molecule has 13 rings (SSSR count). The van der Waals surface area contributed by atoms with Crippen LogP contribution in [0.25, 0.3) is 38.6 Å². The van der Waals surface area contributed by atoms with E-state index in [1.165, 1.54) is 81.7 Å². The lowest BCUT2D eigenvalue weighted by Crippen LogP contribution is -2.79. The number of benzene rings is 9. The van der Waals surface area contributed by atoms with E-state index in [4.69, 9.17) is 0 Å². The standard InChI is InChI=1S/C54H36BN3Si/c1-5-19-37(20-6-1)56(38-21-7-2-8-22-38)39-35-45-44-29-18-34-51-54(44)58(48-32-15-16-33-50(48)59(51,40-23-9-3-10-24-40)41-25-11-4-12-26-41)55-46-30-17-28-43-42-27-13-14-31-47(42)57(53(43)46)49(36-39)52(45)55/h1-36H. The molecule has 0 radical (unpaired) electrons. The zero-order valence-electron chi connectivity index (χ0n) is 32.2. The minimum Gasteiger partial charge on any atom is -0.376 e. The van der Waals surface area contributed by atoms with Crippen LogP contribution in [0.1, 0.15) is 0 Å². The van der Waals surface area contributed by atoms with E-state index in [0.29, 0.717) is 0 Å². The van der Waals surface area contributed by atoms with Crippen molar-refractivity contribution in [2.45, 2.75) is 0 Å². The molecule has 59 heavy (non-hydrogen) atoms. The second-order valence-corrected chi connectivity index (χ2v) is 19.7. The number of nitrogens with zero attached hydrogens (tertiary/aromatic N) is 3. The van der Waals surface area contributed by atoms with Crippen LogP contribution in [0, 0.1) is 0 Å². The van der Waals surface area contributed by atoms with Crippen molar-refractivity contribution in [3.63, 3.8) is 0 Å². The van der Waals surface area contributed by atoms with Gasteiger partial charge in [-0.15, -0.1) is 0 Å². The van der Waals surface area contributed by atoms with Gasteiger partial charge in [0, 0.05) is 50.5 Å². The maximum atomic E-state index is 2.74. The number of hydrogen-bond acceptors (Lipinski definition) is 2. The van der Waals surface area contributed by atoms with Crippen molar-refractivity contribution in [3.05, 3.63) is 218 Å². The molecule has 9 aromatic carbocycles. The molecule has 3 aliphatic heterocycles. The molecule has 0 amide bonds. The summed E-state index contributed by atoms with van der Waals surface area (Å²) in [5, 5.41) is 8.24. The maximum absolute atomic E-state index is 2.85. The Morgan fingerprint density at radius 1 is 0.424 bits per heavy atom. The summed E-state index contributed by atoms with van der Waals surface area (Å²) in [4.78, 5) is 5.17. The Morgan fingerprint density at radius 3 is 1.71 bits per heavy atom. The number of rotatable bonds is 5. The van der Waals surface area contributed by atoms with E-state index in [0.717, 1.165) is 17.1 Å². The van der Waals surface area contributed by atoms with Crippen molar-refractivity contribution in [1.29, 1.82) is 0 Å². The first kappa shape index (κ1) is 32.7. The van der Waals surface area contributed by atoms with Crippen molar-refractivity contribution >= 4 is 96.8 Å². The third-order valence-electron chi connectivity index (χ3n) is 13.2. The molecule has 4 heterocycles. The van der Waals surface area contributed by atoms with Gasteiger partial charge in [0.1, 0.15) is 0 Å². The molecular formula is C54H36BN3Si. The molecule has 3 nitrogen and oxygen atoms in total. The fraction of sp³-hybridized carbons (Fsp3) is 0. The molecule has 0 saturated heterocycles. The Bertz CT molecular complexity index is 3210. The summed E-state index contributed by atoms with van der Waals surface area (Å²) < 4.78 is 2.57. The summed E-state index contributed by atoms with van der Waals surface area (Å²) in [6, 6.07) is 81.9. The lowest BCUT2D eigenvalue weighted by molar-refractivity contribution is 1.17. The van der Waals surface area contributed by atoms with Crippen LogP contribution in [-0.4, -0.2) is 19.5 Å². The van der Waals surface area contributed by atoms with Crippen LogP contribution in [0.3, 0.4) is 0 Å². The first-order valence-corrected chi connectivity index (χ1v) is 22.6. The zero-order valence-corrected chi connectivity index (χ0v) is 33.2. The molecule has 0 spiro atoms. The van der Waals surface area contributed by atoms with Gasteiger partial charge in [-0.3, -0.25) is 0 Å². The van der Waals surface area contributed by atoms with E-state index in [2.05, 4.69) is 233 Å². The number of anilines is 5. The number of hydrogen-bond donors (Lipinski definition) is 0. The van der Waals surface area contributed by atoms with Crippen LogP contribution in [0.2, 0.25) is 0 Å². The minimum atomic E-state index is -2.85. The van der Waals surface area contributed by atoms with Crippen molar-refractivity contribution in [3.8, 4) is 16.8 Å². The molecule has 274 valence electrons. The normalized spacial score (nSPS) is 13.8. The van der Waals surface area contributed by atoms with Gasteiger partial charge in [-0.25, -0.2) is 0 Å². The highest BCUT2D eigenvalue weighted by Crippen LogP contribution is 2.48. The monoisotopic (exact) mass is 765 g/mol. The van der Waals surface area contributed by atoms with E-state index >= 15 is 0 Å². The van der Waals surface area contributed by atoms with Gasteiger partial charge in [0.05, 0.1) is 11.0 Å². The highest BCUT2D eigenvalue weighted by Gasteiger charge is 2.54.